The van der Waals surface area contributed by atoms with Crippen LogP contribution in [0.15, 0.2) is 12.2 Å². The Bertz CT molecular complexity index is 149. The highest BCUT2D eigenvalue weighted by Gasteiger charge is 2.07. The maximum Gasteiger partial charge on any atom is 0.312 e. The topological polar surface area (TPSA) is 43.4 Å². The summed E-state index contributed by atoms with van der Waals surface area (Å²) in [5, 5.41) is 0. The van der Waals surface area contributed by atoms with Crippen molar-refractivity contribution in [3.8, 4) is 0 Å². The summed E-state index contributed by atoms with van der Waals surface area (Å²) in [6.45, 7) is 1.66. The van der Waals surface area contributed by atoms with Gasteiger partial charge in [0.2, 0.25) is 0 Å². The SMILES string of the molecule is COC(=O)C(C)/C=C/C=O. The zero-order chi connectivity index (χ0) is 7.98. The molecule has 1 atom stereocenters. The van der Waals surface area contributed by atoms with Crippen LogP contribution in [0.2, 0.25) is 0 Å². The van der Waals surface area contributed by atoms with E-state index in [0.717, 1.165) is 0 Å². The van der Waals surface area contributed by atoms with Gasteiger partial charge in [0.05, 0.1) is 13.0 Å². The number of hydrogen-bond donors (Lipinski definition) is 0. The Morgan fingerprint density at radius 3 is 2.60 bits per heavy atom. The van der Waals surface area contributed by atoms with E-state index in [1.165, 1.54) is 19.3 Å². The molecule has 0 aromatic carbocycles. The van der Waals surface area contributed by atoms with Crippen molar-refractivity contribution in [1.82, 2.24) is 0 Å². The summed E-state index contributed by atoms with van der Waals surface area (Å²) in [5.74, 6) is -0.673. The fourth-order valence-electron chi connectivity index (χ4n) is 0.476. The van der Waals surface area contributed by atoms with Crippen molar-refractivity contribution >= 4 is 12.3 Å². The predicted molar refractivity (Wildman–Crippen MR) is 36.4 cm³/mol. The average Bonchev–Trinajstić information content (AvgIpc) is 1.98. The fourth-order valence-corrected chi connectivity index (χ4v) is 0.476. The van der Waals surface area contributed by atoms with E-state index in [0.29, 0.717) is 6.29 Å². The molecule has 0 saturated carbocycles. The van der Waals surface area contributed by atoms with Crippen LogP contribution in [-0.2, 0) is 14.3 Å². The van der Waals surface area contributed by atoms with Crippen LogP contribution >= 0.6 is 0 Å². The maximum absolute atomic E-state index is 10.6. The summed E-state index contributed by atoms with van der Waals surface area (Å²) in [6.07, 6.45) is 3.39. The third kappa shape index (κ3) is 3.02. The molecule has 0 radical (unpaired) electrons. The van der Waals surface area contributed by atoms with E-state index < -0.39 is 0 Å². The van der Waals surface area contributed by atoms with Crippen LogP contribution in [0.4, 0.5) is 0 Å². The van der Waals surface area contributed by atoms with Gasteiger partial charge in [0.15, 0.2) is 0 Å². The minimum absolute atomic E-state index is 0.335. The first-order chi connectivity index (χ1) is 4.72. The number of esters is 1. The summed E-state index contributed by atoms with van der Waals surface area (Å²) < 4.78 is 4.40. The maximum atomic E-state index is 10.6. The van der Waals surface area contributed by atoms with Crippen LogP contribution in [0.3, 0.4) is 0 Å². The smallest absolute Gasteiger partial charge is 0.312 e. The van der Waals surface area contributed by atoms with Gasteiger partial charge in [0.25, 0.3) is 0 Å². The average molecular weight is 142 g/mol. The normalized spacial score (nSPS) is 13.0. The molecule has 3 nitrogen and oxygen atoms in total. The van der Waals surface area contributed by atoms with Crippen LogP contribution in [0, 0.1) is 5.92 Å². The van der Waals surface area contributed by atoms with Crippen molar-refractivity contribution in [2.45, 2.75) is 6.92 Å². The lowest BCUT2D eigenvalue weighted by molar-refractivity contribution is -0.143. The van der Waals surface area contributed by atoms with E-state index >= 15 is 0 Å². The number of carbonyl (C=O) groups is 2. The Morgan fingerprint density at radius 2 is 2.20 bits per heavy atom. The highest BCUT2D eigenvalue weighted by Crippen LogP contribution is 1.97. The third-order valence-corrected chi connectivity index (χ3v) is 1.05. The standard InChI is InChI=1S/C7H10O3/c1-6(4-3-5-8)7(9)10-2/h3-6H,1-2H3/b4-3+. The van der Waals surface area contributed by atoms with Crippen LogP contribution < -0.4 is 0 Å². The van der Waals surface area contributed by atoms with E-state index in [9.17, 15) is 9.59 Å². The number of methoxy groups -OCH3 is 1. The Balaban J connectivity index is 3.83. The van der Waals surface area contributed by atoms with Crippen molar-refractivity contribution < 1.29 is 14.3 Å². The lowest BCUT2D eigenvalue weighted by atomic mass is 10.2. The quantitative estimate of drug-likeness (QED) is 0.328. The Morgan fingerprint density at radius 1 is 1.60 bits per heavy atom. The molecular formula is C7H10O3. The van der Waals surface area contributed by atoms with Gasteiger partial charge in [-0.25, -0.2) is 0 Å². The van der Waals surface area contributed by atoms with Crippen molar-refractivity contribution in [2.24, 2.45) is 5.92 Å². The van der Waals surface area contributed by atoms with Gasteiger partial charge in [0, 0.05) is 0 Å². The largest absolute Gasteiger partial charge is 0.469 e. The molecule has 0 aliphatic carbocycles. The van der Waals surface area contributed by atoms with E-state index in [1.807, 2.05) is 0 Å². The molecule has 0 amide bonds. The summed E-state index contributed by atoms with van der Waals surface area (Å²) in [6, 6.07) is 0. The number of ether oxygens (including phenoxy) is 1. The molecule has 0 rings (SSSR count). The van der Waals surface area contributed by atoms with Gasteiger partial charge in [-0.15, -0.1) is 0 Å². The summed E-state index contributed by atoms with van der Waals surface area (Å²) >= 11 is 0. The summed E-state index contributed by atoms with van der Waals surface area (Å²) in [5.41, 5.74) is 0. The second-order valence-corrected chi connectivity index (χ2v) is 1.83. The molecule has 0 heterocycles. The number of carbonyl (C=O) groups excluding carboxylic acids is 2. The van der Waals surface area contributed by atoms with E-state index in [1.54, 1.807) is 6.92 Å². The molecule has 0 saturated heterocycles. The lowest BCUT2D eigenvalue weighted by Gasteiger charge is -2.00. The van der Waals surface area contributed by atoms with Gasteiger partial charge in [-0.1, -0.05) is 6.08 Å². The zero-order valence-electron chi connectivity index (χ0n) is 6.03. The third-order valence-electron chi connectivity index (χ3n) is 1.05. The fraction of sp³-hybridized carbons (Fsp3) is 0.429. The van der Waals surface area contributed by atoms with Gasteiger partial charge >= 0.3 is 5.97 Å². The van der Waals surface area contributed by atoms with E-state index in [-0.39, 0.29) is 11.9 Å². The minimum atomic E-state index is -0.338. The molecule has 3 heteroatoms. The van der Waals surface area contributed by atoms with Crippen molar-refractivity contribution in [1.29, 1.82) is 0 Å². The first-order valence-electron chi connectivity index (χ1n) is 2.92. The lowest BCUT2D eigenvalue weighted by Crippen LogP contribution is -2.09. The summed E-state index contributed by atoms with van der Waals surface area (Å²) in [7, 11) is 1.31. The number of aldehydes is 1. The molecule has 10 heavy (non-hydrogen) atoms. The Hall–Kier alpha value is -1.12. The monoisotopic (exact) mass is 142 g/mol. The molecule has 0 aromatic rings. The molecule has 0 aliphatic rings. The zero-order valence-corrected chi connectivity index (χ0v) is 6.03. The second kappa shape index (κ2) is 4.73. The molecule has 0 fully saturated rings. The molecular weight excluding hydrogens is 132 g/mol. The van der Waals surface area contributed by atoms with Crippen LogP contribution in [-0.4, -0.2) is 19.4 Å². The Kier molecular flexibility index (Phi) is 4.20. The first kappa shape index (κ1) is 8.88. The molecule has 56 valence electrons. The molecule has 0 N–H and O–H groups in total. The van der Waals surface area contributed by atoms with Gasteiger partial charge in [-0.2, -0.15) is 0 Å². The van der Waals surface area contributed by atoms with Gasteiger partial charge in [-0.3, -0.25) is 9.59 Å². The number of hydrogen-bond acceptors (Lipinski definition) is 3. The van der Waals surface area contributed by atoms with Gasteiger partial charge in [0.1, 0.15) is 6.29 Å². The van der Waals surface area contributed by atoms with Crippen molar-refractivity contribution in [3.05, 3.63) is 12.2 Å². The summed E-state index contributed by atoms with van der Waals surface area (Å²) in [4.78, 5) is 20.4. The first-order valence-corrected chi connectivity index (χ1v) is 2.92. The molecule has 0 bridgehead atoms. The highest BCUT2D eigenvalue weighted by atomic mass is 16.5. The second-order valence-electron chi connectivity index (χ2n) is 1.83. The number of allylic oxidation sites excluding steroid dienone is 1. The molecule has 0 spiro atoms. The van der Waals surface area contributed by atoms with Gasteiger partial charge in [-0.05, 0) is 13.0 Å². The van der Waals surface area contributed by atoms with Crippen LogP contribution in [0.25, 0.3) is 0 Å². The van der Waals surface area contributed by atoms with E-state index in [2.05, 4.69) is 4.74 Å². The molecule has 0 aromatic heterocycles. The molecule has 0 aliphatic heterocycles. The van der Waals surface area contributed by atoms with Crippen LogP contribution in [0.1, 0.15) is 6.92 Å². The predicted octanol–water partition coefficient (Wildman–Crippen LogP) is 0.551. The van der Waals surface area contributed by atoms with Crippen molar-refractivity contribution in [3.63, 3.8) is 0 Å². The molecule has 1 unspecified atom stereocenters. The van der Waals surface area contributed by atoms with E-state index in [4.69, 9.17) is 0 Å². The van der Waals surface area contributed by atoms with Crippen LogP contribution in [0.5, 0.6) is 0 Å². The minimum Gasteiger partial charge on any atom is -0.469 e. The Labute approximate surface area is 59.7 Å². The highest BCUT2D eigenvalue weighted by molar-refractivity contribution is 5.75. The number of rotatable bonds is 3. The van der Waals surface area contributed by atoms with Gasteiger partial charge < -0.3 is 4.74 Å². The van der Waals surface area contributed by atoms with Crippen molar-refractivity contribution in [2.75, 3.05) is 7.11 Å².